The van der Waals surface area contributed by atoms with E-state index in [2.05, 4.69) is 20.4 Å². The van der Waals surface area contributed by atoms with Crippen molar-refractivity contribution >= 4 is 40.9 Å². The fraction of sp³-hybridized carbons (Fsp3) is 0.158. The topological polar surface area (TPSA) is 82.6 Å². The van der Waals surface area contributed by atoms with Crippen molar-refractivity contribution in [3.8, 4) is 0 Å². The van der Waals surface area contributed by atoms with Crippen molar-refractivity contribution in [2.45, 2.75) is 17.6 Å². The molecule has 11 heteroatoms. The number of hydrogen-bond donors (Lipinski definition) is 1. The number of nitrogens with zero attached hydrogens (tertiary/aromatic N) is 6. The lowest BCUT2D eigenvalue weighted by molar-refractivity contribution is 0.0927. The predicted octanol–water partition coefficient (Wildman–Crippen LogP) is 3.52. The standard InChI is InChI=1S/C19H15Cl2N7OS/c20-13-3-1-4-14(21)12(13)9-26-11-23-17(25-26)19(29)24-15-10-30-16-5-2-7-27(16)28-8-6-22-18(15)28/h1-8,11,15H,9-10H2,(H,24,29). The smallest absolute Gasteiger partial charge is 0.291 e. The molecule has 1 N–H and O–H groups in total. The molecule has 4 aromatic rings. The van der Waals surface area contributed by atoms with E-state index in [-0.39, 0.29) is 17.8 Å². The second kappa shape index (κ2) is 7.82. The maximum absolute atomic E-state index is 12.8. The molecule has 8 nitrogen and oxygen atoms in total. The molecule has 1 atom stereocenters. The van der Waals surface area contributed by atoms with Crippen molar-refractivity contribution in [2.75, 3.05) is 5.75 Å². The van der Waals surface area contributed by atoms with Gasteiger partial charge in [0.15, 0.2) is 5.82 Å². The van der Waals surface area contributed by atoms with E-state index in [9.17, 15) is 4.79 Å². The Hall–Kier alpha value is -2.75. The van der Waals surface area contributed by atoms with Crippen LogP contribution in [0.2, 0.25) is 10.0 Å². The highest BCUT2D eigenvalue weighted by Gasteiger charge is 2.26. The van der Waals surface area contributed by atoms with Gasteiger partial charge in [-0.2, -0.15) is 0 Å². The van der Waals surface area contributed by atoms with E-state index in [1.807, 2.05) is 33.9 Å². The van der Waals surface area contributed by atoms with E-state index in [0.29, 0.717) is 22.3 Å². The third-order valence-corrected chi connectivity index (χ3v) is 6.54. The van der Waals surface area contributed by atoms with Crippen LogP contribution in [0.25, 0.3) is 0 Å². The second-order valence-corrected chi connectivity index (χ2v) is 8.48. The Labute approximate surface area is 185 Å². The Morgan fingerprint density at radius 2 is 1.97 bits per heavy atom. The SMILES string of the molecule is O=C(NC1CSc2cccn2-n2ccnc21)c1ncn(Cc2c(Cl)cccc2Cl)n1. The highest BCUT2D eigenvalue weighted by molar-refractivity contribution is 7.99. The van der Waals surface area contributed by atoms with Crippen molar-refractivity contribution < 1.29 is 4.79 Å². The van der Waals surface area contributed by atoms with Crippen LogP contribution in [0, 0.1) is 0 Å². The molecule has 0 saturated heterocycles. The van der Waals surface area contributed by atoms with Gasteiger partial charge in [0.1, 0.15) is 6.33 Å². The molecule has 4 heterocycles. The van der Waals surface area contributed by atoms with Crippen LogP contribution in [-0.4, -0.2) is 40.8 Å². The number of carbonyl (C=O) groups is 1. The number of aromatic nitrogens is 6. The molecule has 30 heavy (non-hydrogen) atoms. The van der Waals surface area contributed by atoms with Crippen molar-refractivity contribution in [1.29, 1.82) is 0 Å². The summed E-state index contributed by atoms with van der Waals surface area (Å²) in [4.78, 5) is 21.4. The van der Waals surface area contributed by atoms with Crippen LogP contribution in [0.3, 0.4) is 0 Å². The lowest BCUT2D eigenvalue weighted by Crippen LogP contribution is -2.32. The fourth-order valence-corrected chi connectivity index (χ4v) is 4.82. The summed E-state index contributed by atoms with van der Waals surface area (Å²) in [6.07, 6.45) is 7.03. The van der Waals surface area contributed by atoms with Crippen LogP contribution in [0.1, 0.15) is 28.0 Å². The lowest BCUT2D eigenvalue weighted by Gasteiger charge is -2.15. The number of rotatable bonds is 4. The van der Waals surface area contributed by atoms with Crippen molar-refractivity contribution in [3.05, 3.63) is 82.5 Å². The molecule has 0 spiro atoms. The molecule has 0 bridgehead atoms. The third kappa shape index (κ3) is 3.49. The summed E-state index contributed by atoms with van der Waals surface area (Å²) in [5, 5.41) is 9.43. The summed E-state index contributed by atoms with van der Waals surface area (Å²) in [7, 11) is 0. The molecule has 152 valence electrons. The van der Waals surface area contributed by atoms with E-state index >= 15 is 0 Å². The van der Waals surface area contributed by atoms with Crippen LogP contribution < -0.4 is 5.32 Å². The number of carbonyl (C=O) groups excluding carboxylic acids is 1. The van der Waals surface area contributed by atoms with Gasteiger partial charge < -0.3 is 5.32 Å². The summed E-state index contributed by atoms with van der Waals surface area (Å²) in [5.41, 5.74) is 0.724. The normalized spacial score (nSPS) is 15.3. The van der Waals surface area contributed by atoms with Gasteiger partial charge in [0.25, 0.3) is 5.91 Å². The molecule has 1 amide bonds. The van der Waals surface area contributed by atoms with Crippen molar-refractivity contribution in [2.24, 2.45) is 0 Å². The van der Waals surface area contributed by atoms with Crippen LogP contribution in [0.5, 0.6) is 0 Å². The molecule has 0 aliphatic carbocycles. The zero-order valence-corrected chi connectivity index (χ0v) is 17.8. The molecule has 0 fully saturated rings. The molecular formula is C19H15Cl2N7OS. The number of thioether (sulfide) groups is 1. The van der Waals surface area contributed by atoms with E-state index in [1.54, 1.807) is 36.2 Å². The molecule has 5 rings (SSSR count). The summed E-state index contributed by atoms with van der Waals surface area (Å²) < 4.78 is 5.46. The Balaban J connectivity index is 1.34. The molecule has 3 aromatic heterocycles. The highest BCUT2D eigenvalue weighted by atomic mass is 35.5. The van der Waals surface area contributed by atoms with Gasteiger partial charge in [-0.3, -0.25) is 4.79 Å². The van der Waals surface area contributed by atoms with Crippen LogP contribution >= 0.6 is 35.0 Å². The Morgan fingerprint density at radius 3 is 2.80 bits per heavy atom. The first-order valence-electron chi connectivity index (χ1n) is 9.07. The van der Waals surface area contributed by atoms with Crippen LogP contribution in [0.4, 0.5) is 0 Å². The zero-order chi connectivity index (χ0) is 20.7. The van der Waals surface area contributed by atoms with E-state index in [4.69, 9.17) is 23.2 Å². The lowest BCUT2D eigenvalue weighted by atomic mass is 10.2. The largest absolute Gasteiger partial charge is 0.338 e. The molecule has 1 aliphatic rings. The maximum atomic E-state index is 12.8. The molecule has 1 aromatic carbocycles. The van der Waals surface area contributed by atoms with Gasteiger partial charge in [0.05, 0.1) is 17.6 Å². The predicted molar refractivity (Wildman–Crippen MR) is 114 cm³/mol. The minimum atomic E-state index is -0.370. The highest BCUT2D eigenvalue weighted by Crippen LogP contribution is 2.29. The first-order valence-corrected chi connectivity index (χ1v) is 10.8. The first kappa shape index (κ1) is 19.2. The Morgan fingerprint density at radius 1 is 1.13 bits per heavy atom. The maximum Gasteiger partial charge on any atom is 0.291 e. The number of halogens is 2. The number of benzene rings is 1. The number of hydrogen-bond acceptors (Lipinski definition) is 5. The van der Waals surface area contributed by atoms with Gasteiger partial charge in [0, 0.05) is 40.0 Å². The van der Waals surface area contributed by atoms with Crippen molar-refractivity contribution in [3.63, 3.8) is 0 Å². The van der Waals surface area contributed by atoms with Crippen molar-refractivity contribution in [1.82, 2.24) is 34.4 Å². The number of amides is 1. The van der Waals surface area contributed by atoms with Crippen LogP contribution in [-0.2, 0) is 6.54 Å². The Kier molecular flexibility index (Phi) is 5.01. The number of nitrogens with one attached hydrogen (secondary N) is 1. The third-order valence-electron chi connectivity index (χ3n) is 4.71. The zero-order valence-electron chi connectivity index (χ0n) is 15.4. The summed E-state index contributed by atoms with van der Waals surface area (Å²) in [6, 6.07) is 9.01. The molecule has 1 aliphatic heterocycles. The van der Waals surface area contributed by atoms with Crippen LogP contribution in [0.15, 0.2) is 60.3 Å². The van der Waals surface area contributed by atoms with Gasteiger partial charge in [-0.15, -0.1) is 16.9 Å². The van der Waals surface area contributed by atoms with Gasteiger partial charge in [-0.25, -0.2) is 24.0 Å². The summed E-state index contributed by atoms with van der Waals surface area (Å²) in [5.74, 6) is 1.09. The number of imidazole rings is 1. The molecular weight excluding hydrogens is 445 g/mol. The summed E-state index contributed by atoms with van der Waals surface area (Å²) >= 11 is 14.1. The van der Waals surface area contributed by atoms with Gasteiger partial charge in [-0.1, -0.05) is 29.3 Å². The quantitative estimate of drug-likeness (QED) is 0.504. The number of fused-ring (bicyclic) bond motifs is 3. The van der Waals surface area contributed by atoms with Gasteiger partial charge >= 0.3 is 0 Å². The van der Waals surface area contributed by atoms with E-state index in [1.165, 1.54) is 11.0 Å². The van der Waals surface area contributed by atoms with E-state index in [0.717, 1.165) is 16.4 Å². The minimum Gasteiger partial charge on any atom is -0.338 e. The Bertz CT molecular complexity index is 1210. The molecule has 0 radical (unpaired) electrons. The second-order valence-electron chi connectivity index (χ2n) is 6.62. The molecule has 1 unspecified atom stereocenters. The monoisotopic (exact) mass is 459 g/mol. The van der Waals surface area contributed by atoms with E-state index < -0.39 is 0 Å². The molecule has 0 saturated carbocycles. The average Bonchev–Trinajstić information content (AvgIpc) is 3.47. The minimum absolute atomic E-state index is 0.0742. The summed E-state index contributed by atoms with van der Waals surface area (Å²) in [6.45, 7) is 0.317. The average molecular weight is 460 g/mol. The fourth-order valence-electron chi connectivity index (χ4n) is 3.28. The van der Waals surface area contributed by atoms with Gasteiger partial charge in [-0.05, 0) is 24.3 Å². The van der Waals surface area contributed by atoms with Gasteiger partial charge in [0.2, 0.25) is 5.82 Å². The first-order chi connectivity index (χ1) is 14.6.